The van der Waals surface area contributed by atoms with Crippen LogP contribution in [0.5, 0.6) is 0 Å². The summed E-state index contributed by atoms with van der Waals surface area (Å²) in [6.45, 7) is 5.67. The van der Waals surface area contributed by atoms with E-state index in [1.165, 1.54) is 29.2 Å². The maximum Gasteiger partial charge on any atom is 0.0214 e. The summed E-state index contributed by atoms with van der Waals surface area (Å²) >= 11 is 0. The summed E-state index contributed by atoms with van der Waals surface area (Å²) in [5, 5.41) is 6.44. The van der Waals surface area contributed by atoms with E-state index in [4.69, 9.17) is 0 Å². The van der Waals surface area contributed by atoms with Crippen LogP contribution in [-0.4, -0.2) is 6.04 Å². The van der Waals surface area contributed by atoms with Crippen LogP contribution in [0.4, 0.5) is 0 Å². The van der Waals surface area contributed by atoms with Crippen LogP contribution in [0, 0.1) is 11.8 Å². The van der Waals surface area contributed by atoms with Gasteiger partial charge in [0.15, 0.2) is 0 Å². The summed E-state index contributed by atoms with van der Waals surface area (Å²) in [5.41, 5.74) is 1.42. The first-order chi connectivity index (χ1) is 9.24. The quantitative estimate of drug-likeness (QED) is 0.853. The Balaban J connectivity index is 1.64. The Morgan fingerprint density at radius 3 is 2.58 bits per heavy atom. The Kier molecular flexibility index (Phi) is 3.56. The van der Waals surface area contributed by atoms with E-state index in [0.717, 1.165) is 24.4 Å². The van der Waals surface area contributed by atoms with Crippen molar-refractivity contribution in [3.8, 4) is 0 Å². The SMILES string of the molecule is CC(C)C1CC(NCc2cccc3ccccc23)C1. The highest BCUT2D eigenvalue weighted by atomic mass is 14.9. The van der Waals surface area contributed by atoms with Crippen LogP contribution in [0.25, 0.3) is 10.8 Å². The number of nitrogens with one attached hydrogen (secondary N) is 1. The molecule has 100 valence electrons. The molecule has 0 aliphatic heterocycles. The van der Waals surface area contributed by atoms with E-state index in [1.54, 1.807) is 0 Å². The molecular formula is C18H23N. The molecule has 0 amide bonds. The van der Waals surface area contributed by atoms with Crippen molar-refractivity contribution in [2.24, 2.45) is 11.8 Å². The van der Waals surface area contributed by atoms with E-state index in [1.807, 2.05) is 0 Å². The second-order valence-corrected chi connectivity index (χ2v) is 6.19. The Bertz CT molecular complexity index is 547. The second-order valence-electron chi connectivity index (χ2n) is 6.19. The molecule has 1 nitrogen and oxygen atoms in total. The van der Waals surface area contributed by atoms with Crippen LogP contribution in [-0.2, 0) is 6.54 Å². The van der Waals surface area contributed by atoms with Gasteiger partial charge in [0.05, 0.1) is 0 Å². The third-order valence-corrected chi connectivity index (χ3v) is 4.58. The average molecular weight is 253 g/mol. The van der Waals surface area contributed by atoms with Crippen LogP contribution >= 0.6 is 0 Å². The monoisotopic (exact) mass is 253 g/mol. The summed E-state index contributed by atoms with van der Waals surface area (Å²) in [6, 6.07) is 16.0. The molecule has 0 saturated heterocycles. The Hall–Kier alpha value is -1.34. The fourth-order valence-electron chi connectivity index (χ4n) is 3.07. The van der Waals surface area contributed by atoms with Gasteiger partial charge < -0.3 is 5.32 Å². The van der Waals surface area contributed by atoms with Gasteiger partial charge in [-0.2, -0.15) is 0 Å². The maximum atomic E-state index is 3.71. The van der Waals surface area contributed by atoms with E-state index >= 15 is 0 Å². The van der Waals surface area contributed by atoms with E-state index in [0.29, 0.717) is 0 Å². The lowest BCUT2D eigenvalue weighted by Gasteiger charge is -2.38. The van der Waals surface area contributed by atoms with E-state index in [-0.39, 0.29) is 0 Å². The molecule has 0 spiro atoms. The van der Waals surface area contributed by atoms with Crippen LogP contribution in [0.15, 0.2) is 42.5 Å². The van der Waals surface area contributed by atoms with Crippen molar-refractivity contribution in [1.29, 1.82) is 0 Å². The fourth-order valence-corrected chi connectivity index (χ4v) is 3.07. The first-order valence-electron chi connectivity index (χ1n) is 7.44. The highest BCUT2D eigenvalue weighted by Gasteiger charge is 2.30. The molecule has 0 unspecified atom stereocenters. The van der Waals surface area contributed by atoms with Crippen molar-refractivity contribution in [3.05, 3.63) is 48.0 Å². The van der Waals surface area contributed by atoms with Gasteiger partial charge in [-0.25, -0.2) is 0 Å². The molecule has 0 bridgehead atoms. The Morgan fingerprint density at radius 2 is 1.79 bits per heavy atom. The standard InChI is InChI=1S/C18H23N/c1-13(2)16-10-17(11-16)19-12-15-8-5-7-14-6-3-4-9-18(14)15/h3-9,13,16-17,19H,10-12H2,1-2H3. The maximum absolute atomic E-state index is 3.71. The lowest BCUT2D eigenvalue weighted by Crippen LogP contribution is -2.42. The number of hydrogen-bond donors (Lipinski definition) is 1. The molecule has 0 heterocycles. The molecule has 2 aromatic rings. The van der Waals surface area contributed by atoms with E-state index < -0.39 is 0 Å². The highest BCUT2D eigenvalue weighted by Crippen LogP contribution is 2.33. The van der Waals surface area contributed by atoms with Gasteiger partial charge in [0.25, 0.3) is 0 Å². The summed E-state index contributed by atoms with van der Waals surface area (Å²) in [5.74, 6) is 1.78. The minimum absolute atomic E-state index is 0.728. The van der Waals surface area contributed by atoms with Gasteiger partial charge in [-0.3, -0.25) is 0 Å². The van der Waals surface area contributed by atoms with Gasteiger partial charge in [-0.1, -0.05) is 56.3 Å². The van der Waals surface area contributed by atoms with Crippen LogP contribution in [0.2, 0.25) is 0 Å². The van der Waals surface area contributed by atoms with Gasteiger partial charge >= 0.3 is 0 Å². The second kappa shape index (κ2) is 5.34. The predicted octanol–water partition coefficient (Wildman–Crippen LogP) is 4.36. The zero-order valence-corrected chi connectivity index (χ0v) is 11.9. The molecule has 0 radical (unpaired) electrons. The molecule has 1 heteroatoms. The molecule has 0 aromatic heterocycles. The number of hydrogen-bond acceptors (Lipinski definition) is 1. The molecule has 1 saturated carbocycles. The zero-order valence-electron chi connectivity index (χ0n) is 11.9. The van der Waals surface area contributed by atoms with Crippen LogP contribution < -0.4 is 5.32 Å². The van der Waals surface area contributed by atoms with Crippen molar-refractivity contribution in [1.82, 2.24) is 5.32 Å². The third kappa shape index (κ3) is 2.66. The van der Waals surface area contributed by atoms with Crippen molar-refractivity contribution in [2.75, 3.05) is 0 Å². The predicted molar refractivity (Wildman–Crippen MR) is 82.1 cm³/mol. The third-order valence-electron chi connectivity index (χ3n) is 4.58. The molecule has 1 aliphatic carbocycles. The summed E-state index contributed by atoms with van der Waals surface area (Å²) in [4.78, 5) is 0. The molecule has 1 N–H and O–H groups in total. The minimum Gasteiger partial charge on any atom is -0.310 e. The minimum atomic E-state index is 0.728. The first kappa shape index (κ1) is 12.7. The van der Waals surface area contributed by atoms with Gasteiger partial charge in [0.1, 0.15) is 0 Å². The zero-order chi connectivity index (χ0) is 13.2. The lowest BCUT2D eigenvalue weighted by molar-refractivity contribution is 0.168. The molecule has 0 atom stereocenters. The molecular weight excluding hydrogens is 230 g/mol. The summed E-state index contributed by atoms with van der Waals surface area (Å²) in [6.07, 6.45) is 2.70. The number of benzene rings is 2. The number of fused-ring (bicyclic) bond motifs is 1. The van der Waals surface area contributed by atoms with Gasteiger partial charge in [0.2, 0.25) is 0 Å². The molecule has 1 aliphatic rings. The molecule has 3 rings (SSSR count). The van der Waals surface area contributed by atoms with Gasteiger partial charge in [-0.15, -0.1) is 0 Å². The Labute approximate surface area is 116 Å². The van der Waals surface area contributed by atoms with Crippen molar-refractivity contribution < 1.29 is 0 Å². The van der Waals surface area contributed by atoms with Gasteiger partial charge in [-0.05, 0) is 41.0 Å². The largest absolute Gasteiger partial charge is 0.310 e. The van der Waals surface area contributed by atoms with Crippen molar-refractivity contribution in [2.45, 2.75) is 39.3 Å². The smallest absolute Gasteiger partial charge is 0.0214 e. The van der Waals surface area contributed by atoms with E-state index in [2.05, 4.69) is 61.6 Å². The highest BCUT2D eigenvalue weighted by molar-refractivity contribution is 5.85. The van der Waals surface area contributed by atoms with Crippen molar-refractivity contribution >= 4 is 10.8 Å². The van der Waals surface area contributed by atoms with E-state index in [9.17, 15) is 0 Å². The molecule has 2 aromatic carbocycles. The van der Waals surface area contributed by atoms with Crippen LogP contribution in [0.3, 0.4) is 0 Å². The summed E-state index contributed by atoms with van der Waals surface area (Å²) in [7, 11) is 0. The number of rotatable bonds is 4. The topological polar surface area (TPSA) is 12.0 Å². The lowest BCUT2D eigenvalue weighted by atomic mass is 9.73. The average Bonchev–Trinajstić information content (AvgIpc) is 2.36. The normalized spacial score (nSPS) is 22.7. The molecule has 1 fully saturated rings. The first-order valence-corrected chi connectivity index (χ1v) is 7.44. The summed E-state index contributed by atoms with van der Waals surface area (Å²) < 4.78 is 0. The van der Waals surface area contributed by atoms with Gasteiger partial charge in [0, 0.05) is 12.6 Å². The van der Waals surface area contributed by atoms with Crippen LogP contribution in [0.1, 0.15) is 32.3 Å². The Morgan fingerprint density at radius 1 is 1.05 bits per heavy atom. The molecule has 19 heavy (non-hydrogen) atoms. The van der Waals surface area contributed by atoms with Crippen molar-refractivity contribution in [3.63, 3.8) is 0 Å². The fraction of sp³-hybridized carbons (Fsp3) is 0.444.